The number of pyridine rings is 2. The largest absolute Gasteiger partial charge is 0.254 e. The van der Waals surface area contributed by atoms with E-state index in [1.165, 1.54) is 0 Å². The van der Waals surface area contributed by atoms with Crippen molar-refractivity contribution >= 4 is 22.6 Å². The number of hydrogen-bond donors (Lipinski definition) is 0. The van der Waals surface area contributed by atoms with E-state index in [2.05, 4.69) is 9.97 Å². The van der Waals surface area contributed by atoms with Crippen molar-refractivity contribution in [1.82, 2.24) is 9.97 Å². The Morgan fingerprint density at radius 1 is 1.31 bits per heavy atom. The Kier molecular flexibility index (Phi) is 1.93. The highest BCUT2D eigenvalue weighted by Gasteiger charge is 2.06. The Labute approximate surface area is 81.6 Å². The molecule has 0 fully saturated rings. The number of aryl methyl sites for hydroxylation is 2. The summed E-state index contributed by atoms with van der Waals surface area (Å²) in [6, 6.07) is 3.82. The van der Waals surface area contributed by atoms with Gasteiger partial charge in [0.05, 0.1) is 21.7 Å². The molecule has 0 saturated heterocycles. The van der Waals surface area contributed by atoms with Crippen molar-refractivity contribution in [2.24, 2.45) is 0 Å². The Morgan fingerprint density at radius 3 is 2.85 bits per heavy atom. The highest BCUT2D eigenvalue weighted by Crippen LogP contribution is 2.24. The first kappa shape index (κ1) is 8.45. The van der Waals surface area contributed by atoms with Crippen LogP contribution in [0.5, 0.6) is 0 Å². The fourth-order valence-electron chi connectivity index (χ4n) is 1.38. The van der Waals surface area contributed by atoms with Crippen LogP contribution in [0.4, 0.5) is 0 Å². The Hall–Kier alpha value is -1.15. The van der Waals surface area contributed by atoms with Crippen molar-refractivity contribution in [3.05, 3.63) is 34.6 Å². The zero-order valence-electron chi connectivity index (χ0n) is 7.50. The van der Waals surface area contributed by atoms with Gasteiger partial charge >= 0.3 is 0 Å². The molecule has 0 aliphatic carbocycles. The van der Waals surface area contributed by atoms with E-state index < -0.39 is 0 Å². The highest BCUT2D eigenvalue weighted by atomic mass is 35.5. The lowest BCUT2D eigenvalue weighted by atomic mass is 10.2. The summed E-state index contributed by atoms with van der Waals surface area (Å²) < 4.78 is 0. The van der Waals surface area contributed by atoms with Crippen LogP contribution in [0, 0.1) is 13.8 Å². The lowest BCUT2D eigenvalue weighted by Gasteiger charge is -2.04. The minimum absolute atomic E-state index is 0.714. The van der Waals surface area contributed by atoms with Crippen molar-refractivity contribution < 1.29 is 0 Å². The third-order valence-corrected chi connectivity index (χ3v) is 2.63. The van der Waals surface area contributed by atoms with Crippen LogP contribution in [-0.2, 0) is 0 Å². The molecule has 13 heavy (non-hydrogen) atoms. The molecule has 0 radical (unpaired) electrons. The van der Waals surface area contributed by atoms with Crippen LogP contribution in [0.3, 0.4) is 0 Å². The minimum atomic E-state index is 0.714. The summed E-state index contributed by atoms with van der Waals surface area (Å²) in [5.41, 5.74) is 3.66. The van der Waals surface area contributed by atoms with Crippen LogP contribution in [0.1, 0.15) is 11.3 Å². The van der Waals surface area contributed by atoms with Gasteiger partial charge in [-0.05, 0) is 31.5 Å². The summed E-state index contributed by atoms with van der Waals surface area (Å²) in [5.74, 6) is 0. The minimum Gasteiger partial charge on any atom is -0.254 e. The first-order chi connectivity index (χ1) is 6.20. The van der Waals surface area contributed by atoms with Crippen LogP contribution in [0.25, 0.3) is 11.0 Å². The molecule has 0 aliphatic rings. The predicted octanol–water partition coefficient (Wildman–Crippen LogP) is 2.90. The van der Waals surface area contributed by atoms with Crippen LogP contribution in [0.15, 0.2) is 18.3 Å². The molecule has 0 amide bonds. The molecule has 2 aromatic rings. The predicted molar refractivity (Wildman–Crippen MR) is 54.0 cm³/mol. The molecule has 0 saturated carbocycles. The molecule has 0 bridgehead atoms. The quantitative estimate of drug-likeness (QED) is 0.642. The summed E-state index contributed by atoms with van der Waals surface area (Å²) in [6.07, 6.45) is 1.75. The molecule has 2 rings (SSSR count). The van der Waals surface area contributed by atoms with E-state index in [0.717, 1.165) is 22.3 Å². The van der Waals surface area contributed by atoms with Gasteiger partial charge in [0.1, 0.15) is 0 Å². The van der Waals surface area contributed by atoms with Gasteiger partial charge in [-0.2, -0.15) is 0 Å². The summed E-state index contributed by atoms with van der Waals surface area (Å²) in [4.78, 5) is 8.58. The van der Waals surface area contributed by atoms with E-state index in [-0.39, 0.29) is 0 Å². The van der Waals surface area contributed by atoms with Crippen LogP contribution in [-0.4, -0.2) is 9.97 Å². The maximum Gasteiger partial charge on any atom is 0.0930 e. The topological polar surface area (TPSA) is 25.8 Å². The van der Waals surface area contributed by atoms with Gasteiger partial charge in [-0.1, -0.05) is 11.6 Å². The SMILES string of the molecule is Cc1nc2cccnc2c(C)c1Cl. The monoisotopic (exact) mass is 192 g/mol. The maximum absolute atomic E-state index is 6.05. The summed E-state index contributed by atoms with van der Waals surface area (Å²) in [5, 5.41) is 0.714. The molecule has 0 aromatic carbocycles. The smallest absolute Gasteiger partial charge is 0.0930 e. The van der Waals surface area contributed by atoms with Gasteiger partial charge in [0.2, 0.25) is 0 Å². The Bertz CT molecular complexity index is 466. The maximum atomic E-state index is 6.05. The van der Waals surface area contributed by atoms with Crippen LogP contribution in [0.2, 0.25) is 5.02 Å². The summed E-state index contributed by atoms with van der Waals surface area (Å²) in [7, 11) is 0. The average molecular weight is 193 g/mol. The molecule has 0 spiro atoms. The van der Waals surface area contributed by atoms with E-state index in [1.807, 2.05) is 26.0 Å². The molecule has 0 aliphatic heterocycles. The highest BCUT2D eigenvalue weighted by molar-refractivity contribution is 6.32. The number of halogens is 1. The van der Waals surface area contributed by atoms with Crippen molar-refractivity contribution in [1.29, 1.82) is 0 Å². The molecule has 3 heteroatoms. The second-order valence-electron chi connectivity index (χ2n) is 3.01. The zero-order chi connectivity index (χ0) is 9.42. The number of aromatic nitrogens is 2. The second-order valence-corrected chi connectivity index (χ2v) is 3.39. The van der Waals surface area contributed by atoms with Crippen molar-refractivity contribution in [3.8, 4) is 0 Å². The van der Waals surface area contributed by atoms with E-state index in [1.54, 1.807) is 6.20 Å². The lowest BCUT2D eigenvalue weighted by Crippen LogP contribution is -1.91. The van der Waals surface area contributed by atoms with Gasteiger partial charge in [-0.15, -0.1) is 0 Å². The van der Waals surface area contributed by atoms with E-state index in [9.17, 15) is 0 Å². The summed E-state index contributed by atoms with van der Waals surface area (Å²) in [6.45, 7) is 3.87. The van der Waals surface area contributed by atoms with Crippen molar-refractivity contribution in [2.75, 3.05) is 0 Å². The van der Waals surface area contributed by atoms with Gasteiger partial charge in [-0.25, -0.2) is 4.98 Å². The van der Waals surface area contributed by atoms with Crippen molar-refractivity contribution in [3.63, 3.8) is 0 Å². The fourth-order valence-corrected chi connectivity index (χ4v) is 1.51. The Morgan fingerprint density at radius 2 is 2.08 bits per heavy atom. The van der Waals surface area contributed by atoms with Crippen LogP contribution < -0.4 is 0 Å². The van der Waals surface area contributed by atoms with Gasteiger partial charge in [0.25, 0.3) is 0 Å². The van der Waals surface area contributed by atoms with Gasteiger partial charge in [-0.3, -0.25) is 4.98 Å². The number of hydrogen-bond acceptors (Lipinski definition) is 2. The van der Waals surface area contributed by atoms with Gasteiger partial charge < -0.3 is 0 Å². The molecule has 0 N–H and O–H groups in total. The van der Waals surface area contributed by atoms with Gasteiger partial charge in [0.15, 0.2) is 0 Å². The van der Waals surface area contributed by atoms with E-state index in [4.69, 9.17) is 11.6 Å². The second kappa shape index (κ2) is 2.96. The van der Waals surface area contributed by atoms with Crippen LogP contribution >= 0.6 is 11.6 Å². The van der Waals surface area contributed by atoms with E-state index >= 15 is 0 Å². The van der Waals surface area contributed by atoms with E-state index in [0.29, 0.717) is 5.02 Å². The standard InChI is InChI=1S/C10H9ClN2/c1-6-9(11)7(2)13-8-4-3-5-12-10(6)8/h3-5H,1-2H3. The number of nitrogens with zero attached hydrogens (tertiary/aromatic N) is 2. The molecule has 2 heterocycles. The Balaban J connectivity index is 2.94. The molecule has 2 aromatic heterocycles. The normalized spacial score (nSPS) is 10.7. The number of fused-ring (bicyclic) bond motifs is 1. The molecular formula is C10H9ClN2. The third-order valence-electron chi connectivity index (χ3n) is 2.08. The zero-order valence-corrected chi connectivity index (χ0v) is 8.26. The van der Waals surface area contributed by atoms with Crippen molar-refractivity contribution in [2.45, 2.75) is 13.8 Å². The third kappa shape index (κ3) is 1.27. The lowest BCUT2D eigenvalue weighted by molar-refractivity contribution is 1.21. The first-order valence-electron chi connectivity index (χ1n) is 4.07. The first-order valence-corrected chi connectivity index (χ1v) is 4.45. The molecule has 0 unspecified atom stereocenters. The fraction of sp³-hybridized carbons (Fsp3) is 0.200. The summed E-state index contributed by atoms with van der Waals surface area (Å²) >= 11 is 6.05. The molecular weight excluding hydrogens is 184 g/mol. The van der Waals surface area contributed by atoms with Gasteiger partial charge in [0, 0.05) is 6.20 Å². The molecule has 0 atom stereocenters. The molecule has 2 nitrogen and oxygen atoms in total. The number of rotatable bonds is 0. The molecule has 66 valence electrons. The average Bonchev–Trinajstić information content (AvgIpc) is 2.15.